The van der Waals surface area contributed by atoms with Gasteiger partial charge in [0.05, 0.1) is 0 Å². The number of nitrogens with one attached hydrogen (secondary N) is 1. The SMILES string of the molecule is CC(=O)N(C)c1ccc(N[C@H](C)c2nc(C3CC3)no2)cc1. The van der Waals surface area contributed by atoms with Crippen LogP contribution < -0.4 is 10.2 Å². The first-order valence-electron chi connectivity index (χ1n) is 7.49. The molecule has 1 aliphatic rings. The Kier molecular flexibility index (Phi) is 3.83. The number of aromatic nitrogens is 2. The molecular weight excluding hydrogens is 280 g/mol. The van der Waals surface area contributed by atoms with Crippen molar-refractivity contribution < 1.29 is 9.32 Å². The second-order valence-corrected chi connectivity index (χ2v) is 5.76. The van der Waals surface area contributed by atoms with E-state index in [1.54, 1.807) is 18.9 Å². The molecule has 1 heterocycles. The van der Waals surface area contributed by atoms with Crippen LogP contribution in [0.5, 0.6) is 0 Å². The molecule has 1 fully saturated rings. The number of rotatable bonds is 5. The van der Waals surface area contributed by atoms with Gasteiger partial charge >= 0.3 is 0 Å². The Bertz CT molecular complexity index is 661. The van der Waals surface area contributed by atoms with Gasteiger partial charge in [-0.2, -0.15) is 4.98 Å². The maximum Gasteiger partial charge on any atom is 0.248 e. The van der Waals surface area contributed by atoms with Crippen molar-refractivity contribution in [2.75, 3.05) is 17.3 Å². The summed E-state index contributed by atoms with van der Waals surface area (Å²) < 4.78 is 5.32. The lowest BCUT2D eigenvalue weighted by Gasteiger charge is -2.16. The smallest absolute Gasteiger partial charge is 0.248 e. The highest BCUT2D eigenvalue weighted by atomic mass is 16.5. The van der Waals surface area contributed by atoms with Crippen molar-refractivity contribution in [3.63, 3.8) is 0 Å². The van der Waals surface area contributed by atoms with Crippen molar-refractivity contribution in [1.82, 2.24) is 10.1 Å². The molecule has 6 heteroatoms. The highest BCUT2D eigenvalue weighted by Crippen LogP contribution is 2.38. The molecule has 1 aromatic carbocycles. The van der Waals surface area contributed by atoms with Gasteiger partial charge in [-0.1, -0.05) is 5.16 Å². The predicted octanol–water partition coefficient (Wildman–Crippen LogP) is 3.10. The summed E-state index contributed by atoms with van der Waals surface area (Å²) in [4.78, 5) is 17.4. The summed E-state index contributed by atoms with van der Waals surface area (Å²) in [5.74, 6) is 1.92. The molecule has 0 bridgehead atoms. The Labute approximate surface area is 129 Å². The van der Waals surface area contributed by atoms with Gasteiger partial charge in [-0.15, -0.1) is 0 Å². The summed E-state index contributed by atoms with van der Waals surface area (Å²) >= 11 is 0. The minimum atomic E-state index is -0.0589. The minimum absolute atomic E-state index is 0.00698. The lowest BCUT2D eigenvalue weighted by Crippen LogP contribution is -2.22. The van der Waals surface area contributed by atoms with Crippen molar-refractivity contribution in [1.29, 1.82) is 0 Å². The van der Waals surface area contributed by atoms with E-state index in [9.17, 15) is 4.79 Å². The Morgan fingerprint density at radius 3 is 2.64 bits per heavy atom. The number of anilines is 2. The molecule has 0 spiro atoms. The maximum absolute atomic E-state index is 11.3. The van der Waals surface area contributed by atoms with E-state index in [0.717, 1.165) is 30.0 Å². The first-order valence-corrected chi connectivity index (χ1v) is 7.49. The molecule has 0 aliphatic heterocycles. The molecule has 1 N–H and O–H groups in total. The third-order valence-corrected chi connectivity index (χ3v) is 3.88. The van der Waals surface area contributed by atoms with Crippen LogP contribution in [0.15, 0.2) is 28.8 Å². The molecule has 0 saturated heterocycles. The Balaban J connectivity index is 1.65. The quantitative estimate of drug-likeness (QED) is 0.918. The molecule has 1 aliphatic carbocycles. The zero-order chi connectivity index (χ0) is 15.7. The second kappa shape index (κ2) is 5.79. The van der Waals surface area contributed by atoms with Crippen LogP contribution in [0, 0.1) is 0 Å². The van der Waals surface area contributed by atoms with E-state index >= 15 is 0 Å². The summed E-state index contributed by atoms with van der Waals surface area (Å²) in [6.07, 6.45) is 2.32. The molecule has 116 valence electrons. The number of hydrogen-bond donors (Lipinski definition) is 1. The molecule has 0 unspecified atom stereocenters. The van der Waals surface area contributed by atoms with Crippen molar-refractivity contribution in [3.8, 4) is 0 Å². The summed E-state index contributed by atoms with van der Waals surface area (Å²) in [6.45, 7) is 3.53. The molecule has 1 atom stereocenters. The number of benzene rings is 1. The normalized spacial score (nSPS) is 15.4. The average molecular weight is 300 g/mol. The van der Waals surface area contributed by atoms with Crippen molar-refractivity contribution in [3.05, 3.63) is 36.0 Å². The van der Waals surface area contributed by atoms with Crippen molar-refractivity contribution >= 4 is 17.3 Å². The van der Waals surface area contributed by atoms with Crippen LogP contribution in [0.4, 0.5) is 11.4 Å². The Hall–Kier alpha value is -2.37. The number of amides is 1. The van der Waals surface area contributed by atoms with Gasteiger partial charge in [-0.05, 0) is 44.0 Å². The maximum atomic E-state index is 11.3. The first-order chi connectivity index (χ1) is 10.5. The second-order valence-electron chi connectivity index (χ2n) is 5.76. The first kappa shape index (κ1) is 14.6. The van der Waals surface area contributed by atoms with Crippen LogP contribution in [-0.2, 0) is 4.79 Å². The minimum Gasteiger partial charge on any atom is -0.374 e. The Morgan fingerprint density at radius 2 is 2.05 bits per heavy atom. The van der Waals surface area contributed by atoms with Gasteiger partial charge in [-0.3, -0.25) is 4.79 Å². The number of carbonyl (C=O) groups is 1. The summed E-state index contributed by atoms with van der Waals surface area (Å²) in [5.41, 5.74) is 1.80. The van der Waals surface area contributed by atoms with E-state index in [1.165, 1.54) is 0 Å². The zero-order valence-corrected chi connectivity index (χ0v) is 13.0. The van der Waals surface area contributed by atoms with Gasteiger partial charge in [0.25, 0.3) is 0 Å². The van der Waals surface area contributed by atoms with Gasteiger partial charge in [0.2, 0.25) is 11.8 Å². The van der Waals surface area contributed by atoms with Gasteiger partial charge in [-0.25, -0.2) is 0 Å². The fourth-order valence-corrected chi connectivity index (χ4v) is 2.21. The van der Waals surface area contributed by atoms with Crippen LogP contribution in [0.2, 0.25) is 0 Å². The molecule has 1 saturated carbocycles. The van der Waals surface area contributed by atoms with Gasteiger partial charge < -0.3 is 14.7 Å². The van der Waals surface area contributed by atoms with Gasteiger partial charge in [0.1, 0.15) is 6.04 Å². The number of nitrogens with zero attached hydrogens (tertiary/aromatic N) is 3. The molecular formula is C16H20N4O2. The number of hydrogen-bond acceptors (Lipinski definition) is 5. The molecule has 6 nitrogen and oxygen atoms in total. The summed E-state index contributed by atoms with van der Waals surface area (Å²) in [6, 6.07) is 7.61. The lowest BCUT2D eigenvalue weighted by molar-refractivity contribution is -0.116. The summed E-state index contributed by atoms with van der Waals surface area (Å²) in [7, 11) is 1.76. The van der Waals surface area contributed by atoms with Gasteiger partial charge in [0, 0.05) is 31.3 Å². The third kappa shape index (κ3) is 3.10. The van der Waals surface area contributed by atoms with E-state index in [1.807, 2.05) is 31.2 Å². The van der Waals surface area contributed by atoms with Crippen LogP contribution in [0.25, 0.3) is 0 Å². The molecule has 3 rings (SSSR count). The van der Waals surface area contributed by atoms with E-state index in [4.69, 9.17) is 4.52 Å². The lowest BCUT2D eigenvalue weighted by atomic mass is 10.2. The predicted molar refractivity (Wildman–Crippen MR) is 83.8 cm³/mol. The topological polar surface area (TPSA) is 71.3 Å². The van der Waals surface area contributed by atoms with E-state index < -0.39 is 0 Å². The number of carbonyl (C=O) groups excluding carboxylic acids is 1. The van der Waals surface area contributed by atoms with E-state index in [0.29, 0.717) is 11.8 Å². The highest BCUT2D eigenvalue weighted by Gasteiger charge is 2.29. The molecule has 1 aromatic heterocycles. The van der Waals surface area contributed by atoms with Crippen molar-refractivity contribution in [2.45, 2.75) is 38.6 Å². The van der Waals surface area contributed by atoms with Gasteiger partial charge in [0.15, 0.2) is 5.82 Å². The van der Waals surface area contributed by atoms with E-state index in [-0.39, 0.29) is 11.9 Å². The molecule has 2 aromatic rings. The van der Waals surface area contributed by atoms with E-state index in [2.05, 4.69) is 15.5 Å². The summed E-state index contributed by atoms with van der Waals surface area (Å²) in [5, 5.41) is 7.35. The largest absolute Gasteiger partial charge is 0.374 e. The zero-order valence-electron chi connectivity index (χ0n) is 13.0. The highest BCUT2D eigenvalue weighted by molar-refractivity contribution is 5.91. The molecule has 22 heavy (non-hydrogen) atoms. The fourth-order valence-electron chi connectivity index (χ4n) is 2.21. The molecule has 0 radical (unpaired) electrons. The van der Waals surface area contributed by atoms with Crippen LogP contribution >= 0.6 is 0 Å². The fraction of sp³-hybridized carbons (Fsp3) is 0.438. The van der Waals surface area contributed by atoms with Crippen molar-refractivity contribution in [2.24, 2.45) is 0 Å². The monoisotopic (exact) mass is 300 g/mol. The standard InChI is InChI=1S/C16H20N4O2/c1-10(16-18-15(19-22-16)12-4-5-12)17-13-6-8-14(9-7-13)20(3)11(2)21/h6-10,12,17H,4-5H2,1-3H3/t10-/m1/s1. The van der Waals surface area contributed by atoms with Crippen LogP contribution in [0.3, 0.4) is 0 Å². The molecule has 1 amide bonds. The Morgan fingerprint density at radius 1 is 1.36 bits per heavy atom. The van der Waals surface area contributed by atoms with Crippen LogP contribution in [-0.4, -0.2) is 23.1 Å². The van der Waals surface area contributed by atoms with Crippen LogP contribution in [0.1, 0.15) is 50.4 Å². The third-order valence-electron chi connectivity index (χ3n) is 3.88. The average Bonchev–Trinajstić information content (AvgIpc) is 3.24.